The number of hydrogen-bond acceptors (Lipinski definition) is 3. The average molecular weight is 298 g/mol. The second kappa shape index (κ2) is 6.24. The first-order chi connectivity index (χ1) is 9.60. The van der Waals surface area contributed by atoms with Crippen molar-refractivity contribution < 1.29 is 9.13 Å². The van der Waals surface area contributed by atoms with Crippen molar-refractivity contribution in [2.45, 2.75) is 13.0 Å². The fourth-order valence-electron chi connectivity index (χ4n) is 2.26. The Bertz CT molecular complexity index is 581. The third-order valence-corrected chi connectivity index (χ3v) is 3.43. The molecule has 2 aromatic rings. The van der Waals surface area contributed by atoms with E-state index in [2.05, 4.69) is 10.4 Å². The van der Waals surface area contributed by atoms with E-state index < -0.39 is 6.04 Å². The quantitative estimate of drug-likeness (QED) is 0.922. The van der Waals surface area contributed by atoms with Gasteiger partial charge in [0.1, 0.15) is 11.6 Å². The molecule has 0 saturated heterocycles. The topological polar surface area (TPSA) is 39.1 Å². The second-order valence-electron chi connectivity index (χ2n) is 4.35. The van der Waals surface area contributed by atoms with Crippen molar-refractivity contribution in [3.05, 3.63) is 46.5 Å². The monoisotopic (exact) mass is 297 g/mol. The molecule has 0 saturated carbocycles. The predicted molar refractivity (Wildman–Crippen MR) is 76.7 cm³/mol. The molecule has 0 radical (unpaired) electrons. The smallest absolute Gasteiger partial charge is 0.132 e. The molecule has 0 amide bonds. The molecule has 1 unspecified atom stereocenters. The van der Waals surface area contributed by atoms with Gasteiger partial charge in [0.2, 0.25) is 0 Å². The molecule has 0 aliphatic rings. The zero-order valence-electron chi connectivity index (χ0n) is 11.7. The first-order valence-corrected chi connectivity index (χ1v) is 6.71. The molecule has 1 N–H and O–H groups in total. The summed E-state index contributed by atoms with van der Waals surface area (Å²) < 4.78 is 21.2. The van der Waals surface area contributed by atoms with Crippen LogP contribution in [0, 0.1) is 5.82 Å². The highest BCUT2D eigenvalue weighted by Gasteiger charge is 2.26. The number of methoxy groups -OCH3 is 1. The van der Waals surface area contributed by atoms with Gasteiger partial charge in [-0.25, -0.2) is 4.39 Å². The van der Waals surface area contributed by atoms with Crippen LogP contribution in [0.25, 0.3) is 0 Å². The number of aryl methyl sites for hydroxylation is 1. The van der Waals surface area contributed by atoms with Crippen molar-refractivity contribution >= 4 is 11.6 Å². The average Bonchev–Trinajstić information content (AvgIpc) is 2.76. The van der Waals surface area contributed by atoms with Gasteiger partial charge in [-0.2, -0.15) is 5.10 Å². The van der Waals surface area contributed by atoms with Gasteiger partial charge < -0.3 is 10.1 Å². The van der Waals surface area contributed by atoms with Crippen molar-refractivity contribution in [3.63, 3.8) is 0 Å². The van der Waals surface area contributed by atoms with E-state index in [-0.39, 0.29) is 5.82 Å². The summed E-state index contributed by atoms with van der Waals surface area (Å²) in [6, 6.07) is 4.33. The highest BCUT2D eigenvalue weighted by atomic mass is 35.5. The zero-order chi connectivity index (χ0) is 14.7. The van der Waals surface area contributed by atoms with Crippen LogP contribution >= 0.6 is 11.6 Å². The van der Waals surface area contributed by atoms with Crippen LogP contribution in [-0.4, -0.2) is 23.4 Å². The molecular weight excluding hydrogens is 281 g/mol. The molecule has 4 nitrogen and oxygen atoms in total. The third-order valence-electron chi connectivity index (χ3n) is 3.14. The normalized spacial score (nSPS) is 12.4. The second-order valence-corrected chi connectivity index (χ2v) is 4.76. The molecule has 20 heavy (non-hydrogen) atoms. The maximum atomic E-state index is 14.3. The van der Waals surface area contributed by atoms with Crippen LogP contribution in [0.1, 0.15) is 24.2 Å². The summed E-state index contributed by atoms with van der Waals surface area (Å²) in [6.45, 7) is 2.61. The summed E-state index contributed by atoms with van der Waals surface area (Å²) >= 11 is 6.19. The van der Waals surface area contributed by atoms with Crippen LogP contribution in [0.4, 0.5) is 4.39 Å². The molecular formula is C14H17ClFN3O. The van der Waals surface area contributed by atoms with E-state index in [0.717, 1.165) is 0 Å². The van der Waals surface area contributed by atoms with Crippen LogP contribution in [0.5, 0.6) is 5.75 Å². The first-order valence-electron chi connectivity index (χ1n) is 6.33. The Hall–Kier alpha value is -1.59. The fourth-order valence-corrected chi connectivity index (χ4v) is 2.53. The summed E-state index contributed by atoms with van der Waals surface area (Å²) in [4.78, 5) is 0. The summed E-state index contributed by atoms with van der Waals surface area (Å²) in [5.74, 6) is 0.140. The Kier molecular flexibility index (Phi) is 4.62. The van der Waals surface area contributed by atoms with E-state index in [4.69, 9.17) is 16.3 Å². The van der Waals surface area contributed by atoms with E-state index in [1.807, 2.05) is 6.92 Å². The van der Waals surface area contributed by atoms with Crippen LogP contribution in [-0.2, 0) is 7.05 Å². The van der Waals surface area contributed by atoms with Gasteiger partial charge in [-0.05, 0) is 18.7 Å². The largest absolute Gasteiger partial charge is 0.496 e. The molecule has 0 bridgehead atoms. The number of rotatable bonds is 5. The van der Waals surface area contributed by atoms with Crippen molar-refractivity contribution in [1.29, 1.82) is 0 Å². The number of ether oxygens (including phenoxy) is 1. The highest BCUT2D eigenvalue weighted by Crippen LogP contribution is 2.34. The van der Waals surface area contributed by atoms with Crippen LogP contribution in [0.2, 0.25) is 5.02 Å². The lowest BCUT2D eigenvalue weighted by atomic mass is 10.0. The highest BCUT2D eigenvalue weighted by molar-refractivity contribution is 6.31. The molecule has 0 fully saturated rings. The van der Waals surface area contributed by atoms with Crippen LogP contribution in [0.3, 0.4) is 0 Å². The standard InChI is InChI=1S/C14H17ClFN3O/c1-4-17-13(14-9(15)8-18-19(14)2)12-10(16)6-5-7-11(12)20-3/h5-8,13,17H,4H2,1-3H3. The summed E-state index contributed by atoms with van der Waals surface area (Å²) in [7, 11) is 3.30. The van der Waals surface area contributed by atoms with Crippen molar-refractivity contribution in [2.75, 3.05) is 13.7 Å². The van der Waals surface area contributed by atoms with E-state index in [1.165, 1.54) is 13.2 Å². The number of aromatic nitrogens is 2. The molecule has 108 valence electrons. The Labute approximate surface area is 122 Å². The van der Waals surface area contributed by atoms with Gasteiger partial charge in [0.25, 0.3) is 0 Å². The van der Waals surface area contributed by atoms with Gasteiger partial charge in [-0.15, -0.1) is 0 Å². The minimum absolute atomic E-state index is 0.340. The number of nitrogens with zero attached hydrogens (tertiary/aromatic N) is 2. The maximum Gasteiger partial charge on any atom is 0.132 e. The van der Waals surface area contributed by atoms with E-state index in [0.29, 0.717) is 28.6 Å². The predicted octanol–water partition coefficient (Wildman–Crippen LogP) is 2.92. The number of halogens is 2. The van der Waals surface area contributed by atoms with Gasteiger partial charge >= 0.3 is 0 Å². The summed E-state index contributed by atoms with van der Waals surface area (Å²) in [5.41, 5.74) is 1.14. The molecule has 1 heterocycles. The minimum Gasteiger partial charge on any atom is -0.496 e. The zero-order valence-corrected chi connectivity index (χ0v) is 12.4. The van der Waals surface area contributed by atoms with Gasteiger partial charge in [0.05, 0.1) is 35.6 Å². The first kappa shape index (κ1) is 14.8. The van der Waals surface area contributed by atoms with Gasteiger partial charge in [0, 0.05) is 7.05 Å². The van der Waals surface area contributed by atoms with E-state index in [1.54, 1.807) is 30.1 Å². The SMILES string of the molecule is CCNC(c1c(F)cccc1OC)c1c(Cl)cnn1C. The molecule has 6 heteroatoms. The minimum atomic E-state index is -0.420. The Morgan fingerprint density at radius 3 is 2.80 bits per heavy atom. The Balaban J connectivity index is 2.60. The number of benzene rings is 1. The van der Waals surface area contributed by atoms with E-state index in [9.17, 15) is 4.39 Å². The lowest BCUT2D eigenvalue weighted by molar-refractivity contribution is 0.395. The molecule has 0 spiro atoms. The molecule has 1 aromatic heterocycles. The van der Waals surface area contributed by atoms with Gasteiger partial charge in [-0.3, -0.25) is 4.68 Å². The van der Waals surface area contributed by atoms with Crippen LogP contribution < -0.4 is 10.1 Å². The Morgan fingerprint density at radius 1 is 1.50 bits per heavy atom. The maximum absolute atomic E-state index is 14.3. The van der Waals surface area contributed by atoms with Crippen molar-refractivity contribution in [2.24, 2.45) is 7.05 Å². The van der Waals surface area contributed by atoms with Crippen molar-refractivity contribution in [3.8, 4) is 5.75 Å². The van der Waals surface area contributed by atoms with Gasteiger partial charge in [-0.1, -0.05) is 24.6 Å². The molecule has 0 aliphatic heterocycles. The van der Waals surface area contributed by atoms with Crippen molar-refractivity contribution in [1.82, 2.24) is 15.1 Å². The van der Waals surface area contributed by atoms with E-state index >= 15 is 0 Å². The number of hydrogen-bond donors (Lipinski definition) is 1. The van der Waals surface area contributed by atoms with Crippen LogP contribution in [0.15, 0.2) is 24.4 Å². The fraction of sp³-hybridized carbons (Fsp3) is 0.357. The molecule has 2 rings (SSSR count). The number of nitrogens with one attached hydrogen (secondary N) is 1. The van der Waals surface area contributed by atoms with Gasteiger partial charge in [0.15, 0.2) is 0 Å². The molecule has 1 aromatic carbocycles. The lowest BCUT2D eigenvalue weighted by Crippen LogP contribution is -2.26. The summed E-state index contributed by atoms with van der Waals surface area (Å²) in [5, 5.41) is 7.83. The summed E-state index contributed by atoms with van der Waals surface area (Å²) in [6.07, 6.45) is 1.55. The third kappa shape index (κ3) is 2.64. The molecule has 1 atom stereocenters. The molecule has 0 aliphatic carbocycles. The Morgan fingerprint density at radius 2 is 2.25 bits per heavy atom. The lowest BCUT2D eigenvalue weighted by Gasteiger charge is -2.22.